The fourth-order valence-electron chi connectivity index (χ4n) is 3.78. The van der Waals surface area contributed by atoms with Gasteiger partial charge in [-0.2, -0.15) is 5.26 Å². The summed E-state index contributed by atoms with van der Waals surface area (Å²) in [6.07, 6.45) is 2.50. The SMILES string of the molecule is N#Cc1ccc(CN(Cc2nnc(N)o2)C(=O)CSc2cc(N3CCC(CO)C3)ccc2Cl)cn1. The number of nitrogens with two attached hydrogens (primary N) is 1. The number of aliphatic hydroxyl groups excluding tert-OH is 1. The molecule has 1 saturated heterocycles. The van der Waals surface area contributed by atoms with Gasteiger partial charge in [0, 0.05) is 48.9 Å². The second kappa shape index (κ2) is 11.4. The van der Waals surface area contributed by atoms with Gasteiger partial charge in [-0.1, -0.05) is 22.8 Å². The third-order valence-electron chi connectivity index (χ3n) is 5.65. The minimum atomic E-state index is -0.167. The van der Waals surface area contributed by atoms with E-state index in [9.17, 15) is 9.90 Å². The molecule has 1 fully saturated rings. The van der Waals surface area contributed by atoms with Gasteiger partial charge >= 0.3 is 6.01 Å². The molecule has 0 bridgehead atoms. The Labute approximate surface area is 211 Å². The minimum absolute atomic E-state index is 0.0734. The molecular weight excluding hydrogens is 490 g/mol. The van der Waals surface area contributed by atoms with Crippen molar-refractivity contribution >= 4 is 41.0 Å². The first-order valence-electron chi connectivity index (χ1n) is 10.9. The van der Waals surface area contributed by atoms with Crippen LogP contribution in [-0.2, 0) is 17.9 Å². The average molecular weight is 514 g/mol. The third-order valence-corrected chi connectivity index (χ3v) is 7.13. The Balaban J connectivity index is 1.46. The molecule has 0 spiro atoms. The highest BCUT2D eigenvalue weighted by atomic mass is 35.5. The highest BCUT2D eigenvalue weighted by Gasteiger charge is 2.23. The molecular formula is C23H24ClN7O3S. The number of aliphatic hydroxyl groups is 1. The summed E-state index contributed by atoms with van der Waals surface area (Å²) in [7, 11) is 0. The van der Waals surface area contributed by atoms with Crippen LogP contribution in [0.4, 0.5) is 11.7 Å². The number of thioether (sulfide) groups is 1. The predicted octanol–water partition coefficient (Wildman–Crippen LogP) is 2.71. The second-order valence-electron chi connectivity index (χ2n) is 8.13. The normalized spacial score (nSPS) is 15.2. The third kappa shape index (κ3) is 6.42. The summed E-state index contributed by atoms with van der Waals surface area (Å²) >= 11 is 7.77. The van der Waals surface area contributed by atoms with Crippen LogP contribution in [0.5, 0.6) is 0 Å². The summed E-state index contributed by atoms with van der Waals surface area (Å²) in [5.41, 5.74) is 7.59. The lowest BCUT2D eigenvalue weighted by Crippen LogP contribution is -2.31. The molecule has 3 N–H and O–H groups in total. The van der Waals surface area contributed by atoms with Gasteiger partial charge < -0.3 is 25.1 Å². The molecule has 182 valence electrons. The number of halogens is 1. The maximum absolute atomic E-state index is 13.2. The fourth-order valence-corrected chi connectivity index (χ4v) is 4.93. The Morgan fingerprint density at radius 1 is 1.34 bits per heavy atom. The van der Waals surface area contributed by atoms with Crippen LogP contribution < -0.4 is 10.6 Å². The smallest absolute Gasteiger partial charge is 0.312 e. The second-order valence-corrected chi connectivity index (χ2v) is 9.56. The van der Waals surface area contributed by atoms with Gasteiger partial charge in [-0.3, -0.25) is 4.79 Å². The van der Waals surface area contributed by atoms with E-state index in [0.29, 0.717) is 10.7 Å². The van der Waals surface area contributed by atoms with Crippen molar-refractivity contribution in [1.29, 1.82) is 5.26 Å². The van der Waals surface area contributed by atoms with Crippen molar-refractivity contribution in [3.05, 3.63) is 58.7 Å². The summed E-state index contributed by atoms with van der Waals surface area (Å²) in [5, 5.41) is 26.5. The van der Waals surface area contributed by atoms with Crippen molar-refractivity contribution in [2.24, 2.45) is 5.92 Å². The van der Waals surface area contributed by atoms with Gasteiger partial charge in [-0.05, 0) is 36.2 Å². The van der Waals surface area contributed by atoms with Crippen LogP contribution in [0.3, 0.4) is 0 Å². The Morgan fingerprint density at radius 2 is 2.20 bits per heavy atom. The van der Waals surface area contributed by atoms with Gasteiger partial charge in [-0.25, -0.2) is 4.98 Å². The van der Waals surface area contributed by atoms with Crippen molar-refractivity contribution in [3.63, 3.8) is 0 Å². The number of hydrogen-bond acceptors (Lipinski definition) is 10. The molecule has 12 heteroatoms. The van der Waals surface area contributed by atoms with E-state index < -0.39 is 0 Å². The quantitative estimate of drug-likeness (QED) is 0.409. The lowest BCUT2D eigenvalue weighted by atomic mass is 10.1. The first-order chi connectivity index (χ1) is 16.9. The molecule has 1 aromatic carbocycles. The molecule has 1 atom stereocenters. The lowest BCUT2D eigenvalue weighted by molar-refractivity contribution is -0.129. The van der Waals surface area contributed by atoms with Crippen LogP contribution >= 0.6 is 23.4 Å². The molecule has 0 radical (unpaired) electrons. The minimum Gasteiger partial charge on any atom is -0.406 e. The van der Waals surface area contributed by atoms with E-state index in [-0.39, 0.29) is 49.2 Å². The Morgan fingerprint density at radius 3 is 2.86 bits per heavy atom. The van der Waals surface area contributed by atoms with Gasteiger partial charge in [0.1, 0.15) is 11.8 Å². The summed E-state index contributed by atoms with van der Waals surface area (Å²) in [6.45, 7) is 2.16. The monoisotopic (exact) mass is 513 g/mol. The number of carbonyl (C=O) groups is 1. The van der Waals surface area contributed by atoms with Crippen LogP contribution in [0, 0.1) is 17.2 Å². The van der Waals surface area contributed by atoms with E-state index >= 15 is 0 Å². The number of nitrogens with zero attached hydrogens (tertiary/aromatic N) is 6. The molecule has 1 unspecified atom stereocenters. The van der Waals surface area contributed by atoms with E-state index in [1.165, 1.54) is 11.8 Å². The first-order valence-corrected chi connectivity index (χ1v) is 12.3. The van der Waals surface area contributed by atoms with Crippen LogP contribution in [0.1, 0.15) is 23.6 Å². The average Bonchev–Trinajstić information content (AvgIpc) is 3.52. The predicted molar refractivity (Wildman–Crippen MR) is 131 cm³/mol. The topological polar surface area (TPSA) is 145 Å². The van der Waals surface area contributed by atoms with E-state index in [2.05, 4.69) is 20.1 Å². The Bertz CT molecular complexity index is 1210. The molecule has 3 aromatic rings. The standard InChI is InChI=1S/C23H24ClN7O3S/c24-19-4-3-18(30-6-5-16(11-30)13-32)7-20(19)35-14-22(33)31(12-21-28-29-23(26)34-21)10-15-1-2-17(8-25)27-9-15/h1-4,7,9,16,32H,5-6,10-14H2,(H2,26,29). The van der Waals surface area contributed by atoms with Gasteiger partial charge in [-0.15, -0.1) is 16.9 Å². The number of rotatable bonds is 9. The van der Waals surface area contributed by atoms with Gasteiger partial charge in [0.25, 0.3) is 0 Å². The molecule has 1 aliphatic heterocycles. The number of pyridine rings is 1. The molecule has 2 aromatic heterocycles. The number of nitriles is 1. The number of carbonyl (C=O) groups excluding carboxylic acids is 1. The molecule has 10 nitrogen and oxygen atoms in total. The summed E-state index contributed by atoms with van der Waals surface area (Å²) < 4.78 is 5.26. The van der Waals surface area contributed by atoms with Crippen molar-refractivity contribution in [3.8, 4) is 6.07 Å². The molecule has 0 aliphatic carbocycles. The zero-order valence-corrected chi connectivity index (χ0v) is 20.4. The molecule has 1 amide bonds. The van der Waals surface area contributed by atoms with Crippen molar-refractivity contribution < 1.29 is 14.3 Å². The van der Waals surface area contributed by atoms with Crippen molar-refractivity contribution in [2.45, 2.75) is 24.4 Å². The number of aromatic nitrogens is 3. The molecule has 1 aliphatic rings. The molecule has 4 rings (SSSR count). The number of anilines is 2. The van der Waals surface area contributed by atoms with Crippen molar-refractivity contribution in [1.82, 2.24) is 20.1 Å². The molecule has 35 heavy (non-hydrogen) atoms. The summed E-state index contributed by atoms with van der Waals surface area (Å²) in [6, 6.07) is 11.0. The van der Waals surface area contributed by atoms with Crippen LogP contribution in [0.2, 0.25) is 5.02 Å². The lowest BCUT2D eigenvalue weighted by Gasteiger charge is -2.22. The largest absolute Gasteiger partial charge is 0.406 e. The highest BCUT2D eigenvalue weighted by Crippen LogP contribution is 2.33. The molecule has 3 heterocycles. The van der Waals surface area contributed by atoms with Gasteiger partial charge in [0.05, 0.1) is 17.3 Å². The summed E-state index contributed by atoms with van der Waals surface area (Å²) in [4.78, 5) is 21.9. The first kappa shape index (κ1) is 24.8. The number of benzene rings is 1. The van der Waals surface area contributed by atoms with Crippen LogP contribution in [0.25, 0.3) is 0 Å². The fraction of sp³-hybridized carbons (Fsp3) is 0.348. The summed E-state index contributed by atoms with van der Waals surface area (Å²) in [5.74, 6) is 0.455. The van der Waals surface area contributed by atoms with Gasteiger partial charge in [0.2, 0.25) is 11.8 Å². The number of nitrogen functional groups attached to an aromatic ring is 1. The Hall–Kier alpha value is -3.33. The zero-order chi connectivity index (χ0) is 24.8. The van der Waals surface area contributed by atoms with Crippen LogP contribution in [0.15, 0.2) is 45.8 Å². The number of amides is 1. The maximum atomic E-state index is 13.2. The number of hydrogen-bond donors (Lipinski definition) is 2. The van der Waals surface area contributed by atoms with E-state index in [4.69, 9.17) is 27.0 Å². The van der Waals surface area contributed by atoms with Crippen molar-refractivity contribution in [2.75, 3.05) is 36.1 Å². The highest BCUT2D eigenvalue weighted by molar-refractivity contribution is 8.00. The van der Waals surface area contributed by atoms with Crippen LogP contribution in [-0.4, -0.2) is 56.5 Å². The van der Waals surface area contributed by atoms with Gasteiger partial charge in [0.15, 0.2) is 0 Å². The van der Waals surface area contributed by atoms with E-state index in [1.807, 2.05) is 24.3 Å². The van der Waals surface area contributed by atoms with E-state index in [1.54, 1.807) is 23.2 Å². The van der Waals surface area contributed by atoms with E-state index in [0.717, 1.165) is 35.7 Å². The Kier molecular flexibility index (Phi) is 8.07. The maximum Gasteiger partial charge on any atom is 0.312 e. The zero-order valence-electron chi connectivity index (χ0n) is 18.8. The molecule has 0 saturated carbocycles.